The van der Waals surface area contributed by atoms with Crippen molar-refractivity contribution < 1.29 is 9.84 Å². The van der Waals surface area contributed by atoms with Gasteiger partial charge < -0.3 is 15.6 Å². The zero-order chi connectivity index (χ0) is 10.4. The average molecular weight is 196 g/mol. The minimum Gasteiger partial charge on any atom is -0.490 e. The summed E-state index contributed by atoms with van der Waals surface area (Å²) in [5.41, 5.74) is 6.59. The lowest BCUT2D eigenvalue weighted by Crippen LogP contribution is -2.18. The first-order chi connectivity index (χ1) is 6.72. The first kappa shape index (κ1) is 10.9. The summed E-state index contributed by atoms with van der Waals surface area (Å²) in [4.78, 5) is 4.19. The van der Waals surface area contributed by atoms with Crippen molar-refractivity contribution in [1.82, 2.24) is 4.98 Å². The lowest BCUT2D eigenvalue weighted by molar-refractivity contribution is 0.201. The van der Waals surface area contributed by atoms with E-state index < -0.39 is 0 Å². The maximum absolute atomic E-state index is 8.54. The molecule has 0 radical (unpaired) electrons. The third-order valence-corrected chi connectivity index (χ3v) is 1.69. The van der Waals surface area contributed by atoms with Crippen LogP contribution in [0.2, 0.25) is 0 Å². The molecule has 0 aliphatic carbocycles. The van der Waals surface area contributed by atoms with Gasteiger partial charge in [0.1, 0.15) is 12.4 Å². The van der Waals surface area contributed by atoms with Gasteiger partial charge in [-0.1, -0.05) is 0 Å². The Hall–Kier alpha value is -1.13. The highest BCUT2D eigenvalue weighted by Crippen LogP contribution is 2.09. The third-order valence-electron chi connectivity index (χ3n) is 1.69. The zero-order valence-electron chi connectivity index (χ0n) is 8.31. The standard InChI is InChI=1S/C10H16N2O2/c1-8(11)6-9-2-3-10(7-12-9)14-5-4-13/h2-3,7-8,13H,4-6,11H2,1H3. The highest BCUT2D eigenvalue weighted by Gasteiger charge is 1.99. The van der Waals surface area contributed by atoms with Crippen molar-refractivity contribution in [2.45, 2.75) is 19.4 Å². The molecule has 4 nitrogen and oxygen atoms in total. The predicted octanol–water partition coefficient (Wildman–Crippen LogP) is 0.342. The number of pyridine rings is 1. The van der Waals surface area contributed by atoms with Gasteiger partial charge in [0.25, 0.3) is 0 Å². The van der Waals surface area contributed by atoms with Crippen molar-refractivity contribution in [1.29, 1.82) is 0 Å². The molecule has 0 aromatic carbocycles. The molecule has 1 heterocycles. The van der Waals surface area contributed by atoms with E-state index in [1.807, 2.05) is 19.1 Å². The maximum atomic E-state index is 8.54. The van der Waals surface area contributed by atoms with E-state index in [4.69, 9.17) is 15.6 Å². The number of nitrogens with two attached hydrogens (primary N) is 1. The average Bonchev–Trinajstić information content (AvgIpc) is 2.16. The van der Waals surface area contributed by atoms with Gasteiger partial charge in [-0.3, -0.25) is 4.98 Å². The number of hydrogen-bond acceptors (Lipinski definition) is 4. The molecule has 0 bridgehead atoms. The van der Waals surface area contributed by atoms with Crippen molar-refractivity contribution in [3.05, 3.63) is 24.0 Å². The fourth-order valence-corrected chi connectivity index (χ4v) is 1.11. The molecule has 0 aliphatic heterocycles. The maximum Gasteiger partial charge on any atom is 0.137 e. The van der Waals surface area contributed by atoms with Crippen LogP contribution in [0.25, 0.3) is 0 Å². The number of aromatic nitrogens is 1. The van der Waals surface area contributed by atoms with Crippen LogP contribution in [0.1, 0.15) is 12.6 Å². The van der Waals surface area contributed by atoms with Gasteiger partial charge in [0.05, 0.1) is 12.8 Å². The number of ether oxygens (including phenoxy) is 1. The van der Waals surface area contributed by atoms with E-state index >= 15 is 0 Å². The van der Waals surface area contributed by atoms with Gasteiger partial charge in [-0.2, -0.15) is 0 Å². The van der Waals surface area contributed by atoms with Gasteiger partial charge in [0.2, 0.25) is 0 Å². The van der Waals surface area contributed by atoms with Crippen molar-refractivity contribution in [3.63, 3.8) is 0 Å². The molecular weight excluding hydrogens is 180 g/mol. The van der Waals surface area contributed by atoms with E-state index in [0.717, 1.165) is 12.1 Å². The fourth-order valence-electron chi connectivity index (χ4n) is 1.11. The van der Waals surface area contributed by atoms with E-state index in [0.29, 0.717) is 12.4 Å². The summed E-state index contributed by atoms with van der Waals surface area (Å²) in [5.74, 6) is 0.674. The van der Waals surface area contributed by atoms with Crippen LogP contribution in [0.3, 0.4) is 0 Å². The lowest BCUT2D eigenvalue weighted by atomic mass is 10.2. The van der Waals surface area contributed by atoms with Crippen molar-refractivity contribution >= 4 is 0 Å². The van der Waals surface area contributed by atoms with Gasteiger partial charge >= 0.3 is 0 Å². The Kier molecular flexibility index (Phi) is 4.35. The topological polar surface area (TPSA) is 68.4 Å². The molecular formula is C10H16N2O2. The summed E-state index contributed by atoms with van der Waals surface area (Å²) in [6, 6.07) is 3.84. The highest BCUT2D eigenvalue weighted by molar-refractivity contribution is 5.20. The minimum atomic E-state index is 0.0155. The second-order valence-corrected chi connectivity index (χ2v) is 3.24. The van der Waals surface area contributed by atoms with Gasteiger partial charge in [-0.25, -0.2) is 0 Å². The molecule has 1 unspecified atom stereocenters. The molecule has 1 aromatic heterocycles. The third kappa shape index (κ3) is 3.72. The Balaban J connectivity index is 2.50. The molecule has 14 heavy (non-hydrogen) atoms. The van der Waals surface area contributed by atoms with Crippen molar-refractivity contribution in [2.24, 2.45) is 5.73 Å². The summed E-state index contributed by atoms with van der Waals surface area (Å²) in [6.45, 7) is 2.26. The highest BCUT2D eigenvalue weighted by atomic mass is 16.5. The molecule has 4 heteroatoms. The normalized spacial score (nSPS) is 12.5. The summed E-state index contributed by atoms with van der Waals surface area (Å²) in [6.07, 6.45) is 2.41. The first-order valence-corrected chi connectivity index (χ1v) is 4.66. The molecule has 1 atom stereocenters. The number of hydrogen-bond donors (Lipinski definition) is 2. The SMILES string of the molecule is CC(N)Cc1ccc(OCCO)cn1. The van der Waals surface area contributed by atoms with Crippen LogP contribution in [0.5, 0.6) is 5.75 Å². The molecule has 3 N–H and O–H groups in total. The Labute approximate surface area is 83.7 Å². The zero-order valence-corrected chi connectivity index (χ0v) is 8.31. The molecule has 0 fully saturated rings. The second-order valence-electron chi connectivity index (χ2n) is 3.24. The van der Waals surface area contributed by atoms with Crippen LogP contribution in [0.15, 0.2) is 18.3 Å². The van der Waals surface area contributed by atoms with Crippen LogP contribution in [-0.4, -0.2) is 29.3 Å². The number of rotatable bonds is 5. The molecule has 0 saturated heterocycles. The summed E-state index contributed by atoms with van der Waals surface area (Å²) >= 11 is 0. The smallest absolute Gasteiger partial charge is 0.137 e. The molecule has 0 spiro atoms. The van der Waals surface area contributed by atoms with Crippen molar-refractivity contribution in [2.75, 3.05) is 13.2 Å². The summed E-state index contributed by atoms with van der Waals surface area (Å²) < 4.78 is 5.17. The number of aliphatic hydroxyl groups is 1. The van der Waals surface area contributed by atoms with Gasteiger partial charge in [0.15, 0.2) is 0 Å². The van der Waals surface area contributed by atoms with Gasteiger partial charge in [-0.05, 0) is 19.1 Å². The van der Waals surface area contributed by atoms with Crippen LogP contribution >= 0.6 is 0 Å². The second kappa shape index (κ2) is 5.57. The molecule has 1 aromatic rings. The number of nitrogens with zero attached hydrogens (tertiary/aromatic N) is 1. The largest absolute Gasteiger partial charge is 0.490 e. The predicted molar refractivity (Wildman–Crippen MR) is 54.2 cm³/mol. The van der Waals surface area contributed by atoms with Crippen LogP contribution in [-0.2, 0) is 6.42 Å². The summed E-state index contributed by atoms with van der Waals surface area (Å²) in [7, 11) is 0. The van der Waals surface area contributed by atoms with Crippen molar-refractivity contribution in [3.8, 4) is 5.75 Å². The van der Waals surface area contributed by atoms with E-state index in [1.54, 1.807) is 6.20 Å². The van der Waals surface area contributed by atoms with E-state index in [2.05, 4.69) is 4.98 Å². The Morgan fingerprint density at radius 2 is 2.36 bits per heavy atom. The quantitative estimate of drug-likeness (QED) is 0.712. The Bertz CT molecular complexity index is 259. The first-order valence-electron chi connectivity index (χ1n) is 4.66. The van der Waals surface area contributed by atoms with E-state index in [-0.39, 0.29) is 12.6 Å². The minimum absolute atomic E-state index is 0.0155. The Morgan fingerprint density at radius 3 is 2.86 bits per heavy atom. The summed E-state index contributed by atoms with van der Waals surface area (Å²) in [5, 5.41) is 8.54. The monoisotopic (exact) mass is 196 g/mol. The van der Waals surface area contributed by atoms with Gasteiger partial charge in [-0.15, -0.1) is 0 Å². The molecule has 78 valence electrons. The number of aliphatic hydroxyl groups excluding tert-OH is 1. The van der Waals surface area contributed by atoms with Crippen LogP contribution in [0.4, 0.5) is 0 Å². The fraction of sp³-hybridized carbons (Fsp3) is 0.500. The Morgan fingerprint density at radius 1 is 1.57 bits per heavy atom. The van der Waals surface area contributed by atoms with Gasteiger partial charge in [0, 0.05) is 18.2 Å². The van der Waals surface area contributed by atoms with E-state index in [9.17, 15) is 0 Å². The molecule has 0 aliphatic rings. The van der Waals surface area contributed by atoms with Crippen LogP contribution < -0.4 is 10.5 Å². The molecule has 0 amide bonds. The molecule has 0 saturated carbocycles. The lowest BCUT2D eigenvalue weighted by Gasteiger charge is -2.06. The van der Waals surface area contributed by atoms with Crippen LogP contribution in [0, 0.1) is 0 Å². The van der Waals surface area contributed by atoms with E-state index in [1.165, 1.54) is 0 Å². The molecule has 1 rings (SSSR count).